The fourth-order valence-corrected chi connectivity index (χ4v) is 6.62. The van der Waals surface area contributed by atoms with Gasteiger partial charge in [0.1, 0.15) is 10.5 Å². The van der Waals surface area contributed by atoms with Crippen LogP contribution in [-0.4, -0.2) is 43.0 Å². The smallest absolute Gasteiger partial charge is 0.303 e. The van der Waals surface area contributed by atoms with E-state index in [0.717, 1.165) is 39.2 Å². The van der Waals surface area contributed by atoms with Gasteiger partial charge in [0.2, 0.25) is 11.8 Å². The molecule has 0 saturated carbocycles. The van der Waals surface area contributed by atoms with E-state index in [0.29, 0.717) is 30.3 Å². The quantitative estimate of drug-likeness (QED) is 0.245. The summed E-state index contributed by atoms with van der Waals surface area (Å²) in [7, 11) is 1.94. The van der Waals surface area contributed by atoms with Crippen molar-refractivity contribution in [1.82, 2.24) is 19.4 Å². The average molecular weight is 561 g/mol. The highest BCUT2D eigenvalue weighted by atomic mass is 32.1. The SMILES string of the molecule is CCC1C[C@@H](c2ncc(CCC(=O)O)s2)N(C(=O)Cc2ccc3nc(-c4cn(C)c5ccccc45)oc3c2F)C1. The minimum Gasteiger partial charge on any atom is -0.481 e. The maximum absolute atomic E-state index is 15.7. The van der Waals surface area contributed by atoms with Crippen LogP contribution in [0.1, 0.15) is 47.7 Å². The van der Waals surface area contributed by atoms with Gasteiger partial charge in [-0.15, -0.1) is 11.3 Å². The van der Waals surface area contributed by atoms with Crippen LogP contribution in [-0.2, 0) is 29.5 Å². The molecule has 1 saturated heterocycles. The number of amides is 1. The summed E-state index contributed by atoms with van der Waals surface area (Å²) < 4.78 is 23.6. The number of carboxylic acid groups (broad SMARTS) is 1. The molecule has 0 aliphatic carbocycles. The number of hydrogen-bond acceptors (Lipinski definition) is 6. The first-order chi connectivity index (χ1) is 19.3. The van der Waals surface area contributed by atoms with Crippen molar-refractivity contribution in [1.29, 1.82) is 0 Å². The highest BCUT2D eigenvalue weighted by Crippen LogP contribution is 2.39. The van der Waals surface area contributed by atoms with Gasteiger partial charge < -0.3 is 19.0 Å². The van der Waals surface area contributed by atoms with Crippen LogP contribution in [0, 0.1) is 11.7 Å². The Morgan fingerprint density at radius 1 is 1.23 bits per heavy atom. The summed E-state index contributed by atoms with van der Waals surface area (Å²) in [5.74, 6) is -0.936. The van der Waals surface area contributed by atoms with Crippen molar-refractivity contribution >= 4 is 45.2 Å². The zero-order valence-electron chi connectivity index (χ0n) is 22.3. The van der Waals surface area contributed by atoms with Gasteiger partial charge in [0.25, 0.3) is 0 Å². The third-order valence-corrected chi connectivity index (χ3v) is 8.93. The van der Waals surface area contributed by atoms with Crippen LogP contribution in [0.4, 0.5) is 4.39 Å². The number of aliphatic carboxylic acids is 1. The molecular weight excluding hydrogens is 531 g/mol. The number of oxazole rings is 1. The van der Waals surface area contributed by atoms with Gasteiger partial charge in [-0.05, 0) is 30.9 Å². The summed E-state index contributed by atoms with van der Waals surface area (Å²) in [6.07, 6.45) is 5.68. The summed E-state index contributed by atoms with van der Waals surface area (Å²) >= 11 is 1.45. The fraction of sp³-hybridized carbons (Fsp3) is 0.333. The number of fused-ring (bicyclic) bond motifs is 2. The standard InChI is InChI=1S/C30H29FN4O4S/c1-3-17-12-24(30-32-14-19(40-30)9-11-26(37)38)35(15-17)25(36)13-18-8-10-22-28(27(18)31)39-29(33-22)21-16-34(2)23-7-5-4-6-20(21)23/h4-8,10,14,16-17,24H,3,9,11-13,15H2,1-2H3,(H,37,38)/t17?,24-/m0/s1. The molecule has 0 radical (unpaired) electrons. The fourth-order valence-electron chi connectivity index (χ4n) is 5.58. The zero-order valence-corrected chi connectivity index (χ0v) is 23.1. The van der Waals surface area contributed by atoms with E-state index in [-0.39, 0.29) is 35.9 Å². The van der Waals surface area contributed by atoms with Crippen molar-refractivity contribution in [3.63, 3.8) is 0 Å². The van der Waals surface area contributed by atoms with E-state index in [9.17, 15) is 9.59 Å². The lowest BCUT2D eigenvalue weighted by atomic mass is 10.0. The topological polar surface area (TPSA) is 101 Å². The number of hydrogen-bond donors (Lipinski definition) is 1. The summed E-state index contributed by atoms with van der Waals surface area (Å²) in [4.78, 5) is 36.3. The molecule has 6 rings (SSSR count). The molecule has 1 N–H and O–H groups in total. The van der Waals surface area contributed by atoms with E-state index in [2.05, 4.69) is 16.9 Å². The lowest BCUT2D eigenvalue weighted by Gasteiger charge is -2.23. The molecule has 3 aromatic heterocycles. The number of nitrogens with zero attached hydrogens (tertiary/aromatic N) is 4. The molecule has 0 spiro atoms. The van der Waals surface area contributed by atoms with Crippen molar-refractivity contribution in [2.75, 3.05) is 6.54 Å². The maximum Gasteiger partial charge on any atom is 0.303 e. The number of rotatable bonds is 8. The monoisotopic (exact) mass is 560 g/mol. The van der Waals surface area contributed by atoms with Crippen LogP contribution in [0.25, 0.3) is 33.5 Å². The summed E-state index contributed by atoms with van der Waals surface area (Å²) in [5.41, 5.74) is 2.51. The first-order valence-corrected chi connectivity index (χ1v) is 14.2. The number of aromatic nitrogens is 3. The number of para-hydroxylation sites is 1. The second-order valence-electron chi connectivity index (χ2n) is 10.4. The van der Waals surface area contributed by atoms with E-state index in [1.54, 1.807) is 23.2 Å². The molecule has 8 nitrogen and oxygen atoms in total. The third kappa shape index (κ3) is 4.77. The van der Waals surface area contributed by atoms with Crippen molar-refractivity contribution in [2.24, 2.45) is 13.0 Å². The number of carbonyl (C=O) groups is 2. The highest BCUT2D eigenvalue weighted by Gasteiger charge is 2.37. The molecule has 2 atom stereocenters. The van der Waals surface area contributed by atoms with Crippen LogP contribution in [0.5, 0.6) is 0 Å². The van der Waals surface area contributed by atoms with E-state index >= 15 is 4.39 Å². The van der Waals surface area contributed by atoms with Gasteiger partial charge in [-0.2, -0.15) is 0 Å². The molecule has 1 fully saturated rings. The number of thiazole rings is 1. The number of carbonyl (C=O) groups excluding carboxylic acids is 1. The van der Waals surface area contributed by atoms with Gasteiger partial charge >= 0.3 is 5.97 Å². The van der Waals surface area contributed by atoms with Gasteiger partial charge in [-0.3, -0.25) is 9.59 Å². The first kappa shape index (κ1) is 26.2. The molecule has 1 amide bonds. The molecule has 5 aromatic rings. The second-order valence-corrected chi connectivity index (χ2v) is 11.5. The molecule has 0 bridgehead atoms. The van der Waals surface area contributed by atoms with Crippen LogP contribution in [0.15, 0.2) is 53.2 Å². The van der Waals surface area contributed by atoms with E-state index < -0.39 is 11.8 Å². The Balaban J connectivity index is 1.26. The summed E-state index contributed by atoms with van der Waals surface area (Å²) in [6, 6.07) is 11.0. The molecule has 40 heavy (non-hydrogen) atoms. The normalized spacial score (nSPS) is 17.3. The lowest BCUT2D eigenvalue weighted by Crippen LogP contribution is -2.32. The molecule has 2 aromatic carbocycles. The second kappa shape index (κ2) is 10.5. The van der Waals surface area contributed by atoms with Gasteiger partial charge in [0.15, 0.2) is 11.4 Å². The Hall–Kier alpha value is -4.05. The summed E-state index contributed by atoms with van der Waals surface area (Å²) in [5, 5.41) is 10.8. The minimum atomic E-state index is -0.853. The van der Waals surface area contributed by atoms with Crippen LogP contribution >= 0.6 is 11.3 Å². The first-order valence-electron chi connectivity index (χ1n) is 13.4. The van der Waals surface area contributed by atoms with Gasteiger partial charge in [0, 0.05) is 47.3 Å². The number of carboxylic acids is 1. The average Bonchev–Trinajstić information content (AvgIpc) is 3.74. The van der Waals surface area contributed by atoms with Gasteiger partial charge in [0.05, 0.1) is 24.4 Å². The lowest BCUT2D eigenvalue weighted by molar-refractivity contribution is -0.137. The largest absolute Gasteiger partial charge is 0.481 e. The number of aryl methyl sites for hydroxylation is 2. The van der Waals surface area contributed by atoms with Crippen LogP contribution < -0.4 is 0 Å². The zero-order chi connectivity index (χ0) is 28.0. The third-order valence-electron chi connectivity index (χ3n) is 7.77. The minimum absolute atomic E-state index is 0.0398. The number of likely N-dealkylation sites (tertiary alicyclic amines) is 1. The molecule has 4 heterocycles. The summed E-state index contributed by atoms with van der Waals surface area (Å²) in [6.45, 7) is 2.68. The van der Waals surface area contributed by atoms with Gasteiger partial charge in [-0.25, -0.2) is 14.4 Å². The van der Waals surface area contributed by atoms with E-state index in [1.165, 1.54) is 11.3 Å². The maximum atomic E-state index is 15.7. The Bertz CT molecular complexity index is 1740. The van der Waals surface area contributed by atoms with E-state index in [4.69, 9.17) is 9.52 Å². The van der Waals surface area contributed by atoms with Crippen LogP contribution in [0.3, 0.4) is 0 Å². The molecular formula is C30H29FN4O4S. The van der Waals surface area contributed by atoms with Crippen molar-refractivity contribution < 1.29 is 23.5 Å². The van der Waals surface area contributed by atoms with Gasteiger partial charge in [-0.1, -0.05) is 37.6 Å². The Morgan fingerprint density at radius 3 is 2.85 bits per heavy atom. The van der Waals surface area contributed by atoms with Crippen molar-refractivity contribution in [3.05, 3.63) is 70.1 Å². The molecule has 1 unspecified atom stereocenters. The number of halogens is 1. The molecule has 1 aliphatic heterocycles. The van der Waals surface area contributed by atoms with Crippen molar-refractivity contribution in [2.45, 2.75) is 45.1 Å². The molecule has 10 heteroatoms. The number of benzene rings is 2. The van der Waals surface area contributed by atoms with Crippen LogP contribution in [0.2, 0.25) is 0 Å². The Morgan fingerprint density at radius 2 is 2.05 bits per heavy atom. The van der Waals surface area contributed by atoms with E-state index in [1.807, 2.05) is 42.1 Å². The van der Waals surface area contributed by atoms with Crippen molar-refractivity contribution in [3.8, 4) is 11.5 Å². The molecule has 206 valence electrons. The highest BCUT2D eigenvalue weighted by molar-refractivity contribution is 7.11. The predicted octanol–water partition coefficient (Wildman–Crippen LogP) is 6.14. The molecule has 1 aliphatic rings. The predicted molar refractivity (Wildman–Crippen MR) is 151 cm³/mol. The Kier molecular flexibility index (Phi) is 6.87. The Labute approximate surface area is 234 Å².